The van der Waals surface area contributed by atoms with Gasteiger partial charge in [-0.1, -0.05) is 38.9 Å². The van der Waals surface area contributed by atoms with Crippen molar-refractivity contribution in [1.29, 1.82) is 0 Å². The Labute approximate surface area is 122 Å². The third kappa shape index (κ3) is 2.79. The van der Waals surface area contributed by atoms with Gasteiger partial charge in [-0.05, 0) is 18.8 Å². The summed E-state index contributed by atoms with van der Waals surface area (Å²) in [6.07, 6.45) is 3.49. The van der Waals surface area contributed by atoms with Gasteiger partial charge in [0.1, 0.15) is 0 Å². The zero-order valence-electron chi connectivity index (χ0n) is 11.2. The van der Waals surface area contributed by atoms with Gasteiger partial charge in [0.15, 0.2) is 5.13 Å². The zero-order chi connectivity index (χ0) is 14.0. The maximum absolute atomic E-state index is 12.4. The fourth-order valence-electron chi connectivity index (χ4n) is 2.39. The molecule has 1 aromatic heterocycles. The first-order valence-corrected chi connectivity index (χ1v) is 7.81. The van der Waals surface area contributed by atoms with E-state index in [1.54, 1.807) is 0 Å². The molecule has 1 heterocycles. The monoisotopic (exact) mass is 297 g/mol. The van der Waals surface area contributed by atoms with Gasteiger partial charge in [0.25, 0.3) is 0 Å². The zero-order valence-corrected chi connectivity index (χ0v) is 12.9. The number of aromatic nitrogens is 1. The molecule has 0 saturated heterocycles. The Morgan fingerprint density at radius 3 is 2.63 bits per heavy atom. The molecule has 1 aromatic rings. The summed E-state index contributed by atoms with van der Waals surface area (Å²) < 4.78 is 0. The predicted molar refractivity (Wildman–Crippen MR) is 82.5 cm³/mol. The van der Waals surface area contributed by atoms with Crippen molar-refractivity contribution in [3.8, 4) is 0 Å². The molecule has 1 fully saturated rings. The van der Waals surface area contributed by atoms with Crippen LogP contribution in [0.3, 0.4) is 0 Å². The molecule has 104 valence electrons. The van der Waals surface area contributed by atoms with Gasteiger partial charge in [-0.25, -0.2) is 4.98 Å². The van der Waals surface area contributed by atoms with Crippen LogP contribution < -0.4 is 11.1 Å². The quantitative estimate of drug-likeness (QED) is 0.838. The second-order valence-corrected chi connectivity index (χ2v) is 6.64. The highest BCUT2D eigenvalue weighted by Crippen LogP contribution is 2.39. The van der Waals surface area contributed by atoms with Gasteiger partial charge in [-0.15, -0.1) is 11.3 Å². The number of thiocarbonyl (C=S) groups is 1. The van der Waals surface area contributed by atoms with E-state index >= 15 is 0 Å². The Morgan fingerprint density at radius 2 is 2.16 bits per heavy atom. The van der Waals surface area contributed by atoms with Crippen LogP contribution in [0.1, 0.15) is 51.1 Å². The Kier molecular flexibility index (Phi) is 4.20. The molecule has 1 amide bonds. The average molecular weight is 297 g/mol. The van der Waals surface area contributed by atoms with E-state index in [-0.39, 0.29) is 5.91 Å². The number of nitrogens with two attached hydrogens (primary N) is 1. The van der Waals surface area contributed by atoms with E-state index in [1.807, 2.05) is 5.38 Å². The van der Waals surface area contributed by atoms with E-state index in [4.69, 9.17) is 18.0 Å². The summed E-state index contributed by atoms with van der Waals surface area (Å²) in [6.45, 7) is 4.16. The van der Waals surface area contributed by atoms with Crippen LogP contribution in [-0.2, 0) is 4.79 Å². The van der Waals surface area contributed by atoms with Gasteiger partial charge in [-0.3, -0.25) is 4.79 Å². The fraction of sp³-hybridized carbons (Fsp3) is 0.615. The second-order valence-electron chi connectivity index (χ2n) is 5.34. The molecule has 0 unspecified atom stereocenters. The van der Waals surface area contributed by atoms with Crippen LogP contribution in [-0.4, -0.2) is 15.9 Å². The van der Waals surface area contributed by atoms with Gasteiger partial charge < -0.3 is 11.1 Å². The number of thiazole rings is 1. The molecular weight excluding hydrogens is 278 g/mol. The number of anilines is 1. The summed E-state index contributed by atoms with van der Waals surface area (Å²) >= 11 is 6.55. The van der Waals surface area contributed by atoms with Gasteiger partial charge in [0.05, 0.1) is 16.1 Å². The van der Waals surface area contributed by atoms with Crippen molar-refractivity contribution in [2.24, 2.45) is 11.1 Å². The third-order valence-electron chi connectivity index (χ3n) is 3.70. The summed E-state index contributed by atoms with van der Waals surface area (Å²) in [6, 6.07) is 0. The number of carbonyl (C=O) groups excluding carboxylic acids is 1. The van der Waals surface area contributed by atoms with Gasteiger partial charge in [0, 0.05) is 5.38 Å². The molecule has 4 nitrogen and oxygen atoms in total. The summed E-state index contributed by atoms with van der Waals surface area (Å²) in [4.78, 5) is 17.2. The topological polar surface area (TPSA) is 68.0 Å². The van der Waals surface area contributed by atoms with Crippen molar-refractivity contribution in [1.82, 2.24) is 4.98 Å². The Morgan fingerprint density at radius 1 is 1.53 bits per heavy atom. The first-order valence-electron chi connectivity index (χ1n) is 6.52. The van der Waals surface area contributed by atoms with E-state index in [9.17, 15) is 4.79 Å². The van der Waals surface area contributed by atoms with E-state index < -0.39 is 5.41 Å². The van der Waals surface area contributed by atoms with Crippen molar-refractivity contribution in [3.63, 3.8) is 0 Å². The van der Waals surface area contributed by atoms with Crippen LogP contribution >= 0.6 is 23.6 Å². The average Bonchev–Trinajstić information content (AvgIpc) is 2.97. The lowest BCUT2D eigenvalue weighted by molar-refractivity contribution is -0.122. The minimum atomic E-state index is -0.668. The van der Waals surface area contributed by atoms with E-state index in [0.29, 0.717) is 16.0 Å². The maximum atomic E-state index is 12.4. The summed E-state index contributed by atoms with van der Waals surface area (Å²) in [5.74, 6) is 0.264. The van der Waals surface area contributed by atoms with Crippen molar-refractivity contribution in [2.75, 3.05) is 5.32 Å². The van der Waals surface area contributed by atoms with E-state index in [1.165, 1.54) is 11.3 Å². The molecule has 0 radical (unpaired) electrons. The molecule has 0 spiro atoms. The molecule has 3 N–H and O–H groups in total. The van der Waals surface area contributed by atoms with Gasteiger partial charge >= 0.3 is 0 Å². The van der Waals surface area contributed by atoms with Gasteiger partial charge in [-0.2, -0.15) is 0 Å². The van der Waals surface area contributed by atoms with Crippen molar-refractivity contribution >= 4 is 39.6 Å². The number of nitrogens with zero attached hydrogens (tertiary/aromatic N) is 1. The minimum absolute atomic E-state index is 0.0952. The van der Waals surface area contributed by atoms with Crippen LogP contribution in [0.15, 0.2) is 5.38 Å². The summed E-state index contributed by atoms with van der Waals surface area (Å²) in [5, 5.41) is 5.49. The Balaban J connectivity index is 2.13. The second kappa shape index (κ2) is 5.54. The van der Waals surface area contributed by atoms with Crippen LogP contribution in [0.2, 0.25) is 0 Å². The molecule has 0 aromatic carbocycles. The smallest absolute Gasteiger partial charge is 0.239 e. The van der Waals surface area contributed by atoms with Crippen molar-refractivity contribution in [2.45, 2.75) is 45.4 Å². The number of hydrogen-bond acceptors (Lipinski definition) is 4. The molecule has 0 bridgehead atoms. The lowest BCUT2D eigenvalue weighted by Gasteiger charge is -2.25. The lowest BCUT2D eigenvalue weighted by atomic mass is 9.85. The Hall–Kier alpha value is -1.01. The first-order chi connectivity index (χ1) is 8.95. The van der Waals surface area contributed by atoms with Crippen LogP contribution in [0.4, 0.5) is 5.13 Å². The van der Waals surface area contributed by atoms with E-state index in [2.05, 4.69) is 24.1 Å². The van der Waals surface area contributed by atoms with Crippen molar-refractivity contribution < 1.29 is 4.79 Å². The van der Waals surface area contributed by atoms with Crippen LogP contribution in [0.25, 0.3) is 0 Å². The third-order valence-corrected chi connectivity index (χ3v) is 4.86. The first kappa shape index (κ1) is 14.4. The number of carbonyl (C=O) groups is 1. The maximum Gasteiger partial charge on any atom is 0.239 e. The van der Waals surface area contributed by atoms with Crippen LogP contribution in [0.5, 0.6) is 0 Å². The largest absolute Gasteiger partial charge is 0.392 e. The minimum Gasteiger partial charge on any atom is -0.392 e. The lowest BCUT2D eigenvalue weighted by Crippen LogP contribution is -2.43. The van der Waals surface area contributed by atoms with Gasteiger partial charge in [0.2, 0.25) is 5.91 Å². The van der Waals surface area contributed by atoms with E-state index in [0.717, 1.165) is 31.4 Å². The molecule has 1 aliphatic carbocycles. The summed E-state index contributed by atoms with van der Waals surface area (Å²) in [7, 11) is 0. The highest BCUT2D eigenvalue weighted by Gasteiger charge is 2.44. The molecule has 1 aliphatic rings. The molecule has 1 saturated carbocycles. The highest BCUT2D eigenvalue weighted by molar-refractivity contribution is 7.80. The predicted octanol–water partition coefficient (Wildman–Crippen LogP) is 3.05. The van der Waals surface area contributed by atoms with Crippen molar-refractivity contribution in [3.05, 3.63) is 11.1 Å². The molecule has 19 heavy (non-hydrogen) atoms. The molecule has 6 heteroatoms. The summed E-state index contributed by atoms with van der Waals surface area (Å²) in [5.41, 5.74) is 6.12. The SMILES string of the molecule is CC(C)c1csc(NC(=O)C2(C(N)=S)CCCC2)n1. The highest BCUT2D eigenvalue weighted by atomic mass is 32.1. The number of nitrogens with one attached hydrogen (secondary N) is 1. The normalized spacial score (nSPS) is 17.6. The number of rotatable bonds is 4. The molecule has 0 aliphatic heterocycles. The Bertz CT molecular complexity index is 490. The standard InChI is InChI=1S/C13H19N3OS2/c1-8(2)9-7-19-12(15-9)16-11(17)13(10(14)18)5-3-4-6-13/h7-8H,3-6H2,1-2H3,(H2,14,18)(H,15,16,17). The number of hydrogen-bond donors (Lipinski definition) is 2. The molecular formula is C13H19N3OS2. The molecule has 2 rings (SSSR count). The number of amides is 1. The van der Waals surface area contributed by atoms with Crippen LogP contribution in [0, 0.1) is 5.41 Å². The fourth-order valence-corrected chi connectivity index (χ4v) is 3.55. The molecule has 0 atom stereocenters.